The Labute approximate surface area is 132 Å². The largest absolute Gasteiger partial charge is 0.465 e. The summed E-state index contributed by atoms with van der Waals surface area (Å²) in [6.45, 7) is 6.60. The molecule has 3 rings (SSSR count). The maximum atomic E-state index is 11.4. The van der Waals surface area contributed by atoms with E-state index in [0.717, 1.165) is 31.5 Å². The van der Waals surface area contributed by atoms with Crippen LogP contribution in [0.2, 0.25) is 0 Å². The molecule has 2 aliphatic rings. The zero-order valence-electron chi connectivity index (χ0n) is 13.6. The van der Waals surface area contributed by atoms with Crippen LogP contribution in [0.4, 0.5) is 4.79 Å². The van der Waals surface area contributed by atoms with E-state index in [0.29, 0.717) is 6.54 Å². The number of fused-ring (bicyclic) bond motifs is 1. The fourth-order valence-electron chi connectivity index (χ4n) is 3.45. The number of hydrogen-bond acceptors (Lipinski definition) is 2. The molecular formula is C18H24N2O2. The van der Waals surface area contributed by atoms with Gasteiger partial charge in [0.25, 0.3) is 0 Å². The Hall–Kier alpha value is -1.81. The first-order chi connectivity index (χ1) is 10.4. The van der Waals surface area contributed by atoms with Crippen LogP contribution in [0.3, 0.4) is 0 Å². The van der Waals surface area contributed by atoms with Gasteiger partial charge in [-0.05, 0) is 56.0 Å². The Bertz CT molecular complexity index is 634. The summed E-state index contributed by atoms with van der Waals surface area (Å²) in [6.07, 6.45) is 3.33. The van der Waals surface area contributed by atoms with Gasteiger partial charge in [-0.15, -0.1) is 0 Å². The van der Waals surface area contributed by atoms with E-state index < -0.39 is 6.09 Å². The van der Waals surface area contributed by atoms with Crippen molar-refractivity contribution in [2.24, 2.45) is 0 Å². The molecule has 118 valence electrons. The summed E-state index contributed by atoms with van der Waals surface area (Å²) >= 11 is 0. The first kappa shape index (κ1) is 15.1. The summed E-state index contributed by atoms with van der Waals surface area (Å²) in [7, 11) is 2.14. The fraction of sp³-hybridized carbons (Fsp3) is 0.500. The van der Waals surface area contributed by atoms with Crippen LogP contribution in [0.25, 0.3) is 5.57 Å². The zero-order valence-corrected chi connectivity index (χ0v) is 13.6. The summed E-state index contributed by atoms with van der Waals surface area (Å²) < 4.78 is 0. The van der Waals surface area contributed by atoms with Crippen LogP contribution in [0.5, 0.6) is 0 Å². The maximum absolute atomic E-state index is 11.4. The highest BCUT2D eigenvalue weighted by molar-refractivity contribution is 5.69. The minimum absolute atomic E-state index is 0.349. The number of amides is 1. The van der Waals surface area contributed by atoms with Crippen molar-refractivity contribution in [2.75, 3.05) is 20.1 Å². The SMILES string of the molecule is CN1CC=C(c2ccc3c(c2)CC(C)(C)N(C(=O)O)C3)CC1. The Balaban J connectivity index is 1.91. The molecule has 0 fully saturated rings. The molecule has 4 nitrogen and oxygen atoms in total. The topological polar surface area (TPSA) is 43.8 Å². The van der Waals surface area contributed by atoms with Gasteiger partial charge in [0, 0.05) is 25.2 Å². The van der Waals surface area contributed by atoms with Crippen LogP contribution in [0.1, 0.15) is 37.0 Å². The van der Waals surface area contributed by atoms with Crippen LogP contribution in [-0.4, -0.2) is 46.7 Å². The number of carbonyl (C=O) groups is 1. The molecule has 2 aliphatic heterocycles. The average molecular weight is 300 g/mol. The lowest BCUT2D eigenvalue weighted by atomic mass is 9.84. The normalized spacial score (nSPS) is 21.2. The summed E-state index contributed by atoms with van der Waals surface area (Å²) in [5.41, 5.74) is 4.79. The Morgan fingerprint density at radius 3 is 2.68 bits per heavy atom. The lowest BCUT2D eigenvalue weighted by Gasteiger charge is -2.41. The molecule has 1 N–H and O–H groups in total. The molecule has 0 bridgehead atoms. The van der Waals surface area contributed by atoms with E-state index in [1.165, 1.54) is 16.7 Å². The third-order valence-electron chi connectivity index (χ3n) is 4.90. The first-order valence-corrected chi connectivity index (χ1v) is 7.87. The number of hydrogen-bond donors (Lipinski definition) is 1. The third-order valence-corrected chi connectivity index (χ3v) is 4.90. The lowest BCUT2D eigenvalue weighted by molar-refractivity contribution is 0.0800. The van der Waals surface area contributed by atoms with Crippen molar-refractivity contribution < 1.29 is 9.90 Å². The summed E-state index contributed by atoms with van der Waals surface area (Å²) in [6, 6.07) is 6.52. The number of benzene rings is 1. The van der Waals surface area contributed by atoms with Crippen molar-refractivity contribution in [1.29, 1.82) is 0 Å². The van der Waals surface area contributed by atoms with Gasteiger partial charge < -0.3 is 10.0 Å². The number of rotatable bonds is 1. The van der Waals surface area contributed by atoms with E-state index in [9.17, 15) is 9.90 Å². The van der Waals surface area contributed by atoms with Gasteiger partial charge in [-0.3, -0.25) is 4.90 Å². The monoisotopic (exact) mass is 300 g/mol. The molecule has 0 unspecified atom stereocenters. The van der Waals surface area contributed by atoms with E-state index in [4.69, 9.17) is 0 Å². The summed E-state index contributed by atoms with van der Waals surface area (Å²) in [5, 5.41) is 9.39. The zero-order chi connectivity index (χ0) is 15.9. The van der Waals surface area contributed by atoms with Crippen LogP contribution in [0, 0.1) is 0 Å². The molecule has 0 atom stereocenters. The van der Waals surface area contributed by atoms with Crippen LogP contribution < -0.4 is 0 Å². The van der Waals surface area contributed by atoms with Gasteiger partial charge in [-0.1, -0.05) is 24.3 Å². The van der Waals surface area contributed by atoms with Gasteiger partial charge in [0.15, 0.2) is 0 Å². The van der Waals surface area contributed by atoms with Crippen molar-refractivity contribution in [3.63, 3.8) is 0 Å². The highest BCUT2D eigenvalue weighted by Gasteiger charge is 2.36. The lowest BCUT2D eigenvalue weighted by Crippen LogP contribution is -2.50. The molecule has 0 saturated heterocycles. The molecule has 0 spiro atoms. The molecule has 0 aromatic heterocycles. The molecule has 22 heavy (non-hydrogen) atoms. The minimum atomic E-state index is -0.835. The Morgan fingerprint density at radius 2 is 2.05 bits per heavy atom. The van der Waals surface area contributed by atoms with Gasteiger partial charge in [0.2, 0.25) is 0 Å². The predicted molar refractivity (Wildman–Crippen MR) is 87.9 cm³/mol. The molecule has 2 heterocycles. The molecule has 1 aromatic carbocycles. The third kappa shape index (κ3) is 2.75. The minimum Gasteiger partial charge on any atom is -0.465 e. The van der Waals surface area contributed by atoms with Crippen LogP contribution in [0.15, 0.2) is 24.3 Å². The average Bonchev–Trinajstić information content (AvgIpc) is 2.45. The van der Waals surface area contributed by atoms with E-state index in [1.54, 1.807) is 4.90 Å². The van der Waals surface area contributed by atoms with Crippen LogP contribution >= 0.6 is 0 Å². The van der Waals surface area contributed by atoms with Crippen molar-refractivity contribution in [3.8, 4) is 0 Å². The summed E-state index contributed by atoms with van der Waals surface area (Å²) in [4.78, 5) is 15.3. The molecule has 0 radical (unpaired) electrons. The highest BCUT2D eigenvalue weighted by Crippen LogP contribution is 2.33. The quantitative estimate of drug-likeness (QED) is 0.866. The second kappa shape index (κ2) is 5.43. The molecular weight excluding hydrogens is 276 g/mol. The van der Waals surface area contributed by atoms with Crippen molar-refractivity contribution >= 4 is 11.7 Å². The summed E-state index contributed by atoms with van der Waals surface area (Å²) in [5.74, 6) is 0. The van der Waals surface area contributed by atoms with Crippen molar-refractivity contribution in [1.82, 2.24) is 9.80 Å². The van der Waals surface area contributed by atoms with Crippen LogP contribution in [-0.2, 0) is 13.0 Å². The number of likely N-dealkylation sites (N-methyl/N-ethyl adjacent to an activating group) is 1. The number of nitrogens with zero attached hydrogens (tertiary/aromatic N) is 2. The first-order valence-electron chi connectivity index (χ1n) is 7.87. The van der Waals surface area contributed by atoms with Gasteiger partial charge >= 0.3 is 6.09 Å². The fourth-order valence-corrected chi connectivity index (χ4v) is 3.45. The van der Waals surface area contributed by atoms with Crippen molar-refractivity contribution in [2.45, 2.75) is 38.8 Å². The van der Waals surface area contributed by atoms with E-state index in [2.05, 4.69) is 36.2 Å². The molecule has 1 aromatic rings. The predicted octanol–water partition coefficient (Wildman–Crippen LogP) is 3.22. The smallest absolute Gasteiger partial charge is 0.408 e. The highest BCUT2D eigenvalue weighted by atomic mass is 16.4. The van der Waals surface area contributed by atoms with E-state index in [-0.39, 0.29) is 5.54 Å². The number of carboxylic acid groups (broad SMARTS) is 1. The van der Waals surface area contributed by atoms with Gasteiger partial charge in [-0.25, -0.2) is 4.79 Å². The van der Waals surface area contributed by atoms with Gasteiger partial charge in [0.1, 0.15) is 0 Å². The van der Waals surface area contributed by atoms with Gasteiger partial charge in [-0.2, -0.15) is 0 Å². The maximum Gasteiger partial charge on any atom is 0.408 e. The standard InChI is InChI=1S/C18H24N2O2/c1-18(2)11-16-10-14(13-6-8-19(3)9-7-13)4-5-15(16)12-20(18)17(21)22/h4-6,10H,7-9,11-12H2,1-3H3,(H,21,22). The Kier molecular flexibility index (Phi) is 3.73. The molecule has 4 heteroatoms. The van der Waals surface area contributed by atoms with Gasteiger partial charge in [0.05, 0.1) is 0 Å². The molecule has 1 amide bonds. The second-order valence-electron chi connectivity index (χ2n) is 7.08. The molecule has 0 saturated carbocycles. The molecule has 0 aliphatic carbocycles. The Morgan fingerprint density at radius 1 is 1.27 bits per heavy atom. The van der Waals surface area contributed by atoms with Crippen molar-refractivity contribution in [3.05, 3.63) is 41.0 Å². The van der Waals surface area contributed by atoms with E-state index >= 15 is 0 Å². The van der Waals surface area contributed by atoms with E-state index in [1.807, 2.05) is 13.8 Å². The second-order valence-corrected chi connectivity index (χ2v) is 7.08.